The standard InChI is InChI=1S/C6H6N2O4.C2H6/c1-3-6(8(11)12)4-5(2)7(9)10;1-2/h3-4H,1-2H2;1-2H3/b6-4+;. The van der Waals surface area contributed by atoms with Crippen molar-refractivity contribution >= 4 is 0 Å². The van der Waals surface area contributed by atoms with Crippen molar-refractivity contribution in [1.82, 2.24) is 0 Å². The molecule has 0 atom stereocenters. The van der Waals surface area contributed by atoms with Crippen LogP contribution in [0.3, 0.4) is 0 Å². The quantitative estimate of drug-likeness (QED) is 0.395. The molecular formula is C8H12N2O4. The molecule has 6 heteroatoms. The molecule has 0 aromatic heterocycles. The first-order chi connectivity index (χ1) is 6.49. The fraction of sp³-hybridized carbons (Fsp3) is 0.250. The van der Waals surface area contributed by atoms with Crippen LogP contribution in [0.25, 0.3) is 0 Å². The highest BCUT2D eigenvalue weighted by molar-refractivity contribution is 5.17. The topological polar surface area (TPSA) is 86.3 Å². The van der Waals surface area contributed by atoms with E-state index < -0.39 is 21.2 Å². The molecule has 0 aliphatic carbocycles. The van der Waals surface area contributed by atoms with Gasteiger partial charge in [-0.3, -0.25) is 20.2 Å². The Balaban J connectivity index is 0. The Morgan fingerprint density at radius 1 is 1.21 bits per heavy atom. The van der Waals surface area contributed by atoms with Crippen LogP contribution < -0.4 is 0 Å². The lowest BCUT2D eigenvalue weighted by Gasteiger charge is -1.88. The molecule has 0 N–H and O–H groups in total. The lowest BCUT2D eigenvalue weighted by Crippen LogP contribution is -1.99. The van der Waals surface area contributed by atoms with Crippen molar-refractivity contribution in [3.05, 3.63) is 56.9 Å². The average molecular weight is 200 g/mol. The Hall–Kier alpha value is -1.98. The van der Waals surface area contributed by atoms with Crippen molar-refractivity contribution in [3.8, 4) is 0 Å². The second-order valence-corrected chi connectivity index (χ2v) is 1.78. The maximum absolute atomic E-state index is 10.1. The van der Waals surface area contributed by atoms with E-state index in [0.29, 0.717) is 0 Å². The van der Waals surface area contributed by atoms with Gasteiger partial charge in [-0.25, -0.2) is 0 Å². The average Bonchev–Trinajstić information content (AvgIpc) is 2.16. The third kappa shape index (κ3) is 5.64. The van der Waals surface area contributed by atoms with Crippen molar-refractivity contribution in [3.63, 3.8) is 0 Å². The summed E-state index contributed by atoms with van der Waals surface area (Å²) in [6.07, 6.45) is 1.65. The van der Waals surface area contributed by atoms with Crippen molar-refractivity contribution in [2.24, 2.45) is 0 Å². The molecule has 0 unspecified atom stereocenters. The molecule has 0 amide bonds. The second-order valence-electron chi connectivity index (χ2n) is 1.78. The Bertz CT molecular complexity index is 281. The number of nitro groups is 2. The summed E-state index contributed by atoms with van der Waals surface area (Å²) in [4.78, 5) is 18.5. The Morgan fingerprint density at radius 2 is 1.64 bits per heavy atom. The Morgan fingerprint density at radius 3 is 1.86 bits per heavy atom. The first-order valence-electron chi connectivity index (χ1n) is 3.81. The van der Waals surface area contributed by atoms with Crippen LogP contribution in [0.15, 0.2) is 36.7 Å². The highest BCUT2D eigenvalue weighted by Gasteiger charge is 2.11. The van der Waals surface area contributed by atoms with Gasteiger partial charge >= 0.3 is 0 Å². The van der Waals surface area contributed by atoms with E-state index in [2.05, 4.69) is 13.2 Å². The van der Waals surface area contributed by atoms with Gasteiger partial charge in [-0.05, 0) is 6.58 Å². The normalized spacial score (nSPS) is 9.43. The highest BCUT2D eigenvalue weighted by Crippen LogP contribution is 2.02. The van der Waals surface area contributed by atoms with E-state index in [-0.39, 0.29) is 0 Å². The fourth-order valence-electron chi connectivity index (χ4n) is 0.410. The summed E-state index contributed by atoms with van der Waals surface area (Å²) in [5, 5.41) is 20.1. The van der Waals surface area contributed by atoms with Crippen molar-refractivity contribution < 1.29 is 9.85 Å². The molecule has 0 radical (unpaired) electrons. The molecule has 0 aromatic carbocycles. The van der Waals surface area contributed by atoms with Crippen LogP contribution in [-0.2, 0) is 0 Å². The summed E-state index contributed by atoms with van der Waals surface area (Å²) in [6, 6.07) is 0. The first-order valence-corrected chi connectivity index (χ1v) is 3.81. The number of hydrogen-bond acceptors (Lipinski definition) is 4. The molecule has 0 spiro atoms. The van der Waals surface area contributed by atoms with E-state index in [0.717, 1.165) is 12.2 Å². The van der Waals surface area contributed by atoms with Gasteiger partial charge in [0.15, 0.2) is 0 Å². The molecule has 0 saturated carbocycles. The van der Waals surface area contributed by atoms with Gasteiger partial charge in [0.2, 0.25) is 0 Å². The molecule has 0 aromatic rings. The minimum Gasteiger partial charge on any atom is -0.258 e. The van der Waals surface area contributed by atoms with Crippen LogP contribution in [0.1, 0.15) is 13.8 Å². The number of hydrogen-bond donors (Lipinski definition) is 0. The molecule has 0 aliphatic heterocycles. The summed E-state index contributed by atoms with van der Waals surface area (Å²) in [5.74, 6) is 0. The van der Waals surface area contributed by atoms with E-state index in [1.165, 1.54) is 0 Å². The van der Waals surface area contributed by atoms with Gasteiger partial charge in [-0.2, -0.15) is 0 Å². The lowest BCUT2D eigenvalue weighted by atomic mass is 10.3. The van der Waals surface area contributed by atoms with Crippen LogP contribution in [-0.4, -0.2) is 9.85 Å². The lowest BCUT2D eigenvalue weighted by molar-refractivity contribution is -0.430. The van der Waals surface area contributed by atoms with Gasteiger partial charge in [0.1, 0.15) is 0 Å². The van der Waals surface area contributed by atoms with Crippen LogP contribution >= 0.6 is 0 Å². The number of allylic oxidation sites excluding steroid dienone is 2. The van der Waals surface area contributed by atoms with Crippen molar-refractivity contribution in [2.45, 2.75) is 13.8 Å². The van der Waals surface area contributed by atoms with Gasteiger partial charge in [0.25, 0.3) is 11.4 Å². The summed E-state index contributed by atoms with van der Waals surface area (Å²) in [5.41, 5.74) is -0.988. The monoisotopic (exact) mass is 200 g/mol. The molecule has 0 rings (SSSR count). The molecule has 78 valence electrons. The van der Waals surface area contributed by atoms with Crippen molar-refractivity contribution in [1.29, 1.82) is 0 Å². The Kier molecular flexibility index (Phi) is 7.95. The summed E-state index contributed by atoms with van der Waals surface area (Å²) < 4.78 is 0. The maximum Gasteiger partial charge on any atom is 0.275 e. The smallest absolute Gasteiger partial charge is 0.258 e. The van der Waals surface area contributed by atoms with Gasteiger partial charge < -0.3 is 0 Å². The SMILES string of the molecule is C=C/C(=C\C(=C)[N+](=O)[O-])[N+](=O)[O-].CC. The van der Waals surface area contributed by atoms with Gasteiger partial charge in [0, 0.05) is 6.08 Å². The number of nitrogens with zero attached hydrogens (tertiary/aromatic N) is 2. The molecule has 0 fully saturated rings. The van der Waals surface area contributed by atoms with E-state index in [4.69, 9.17) is 0 Å². The largest absolute Gasteiger partial charge is 0.275 e. The second kappa shape index (κ2) is 7.66. The van der Waals surface area contributed by atoms with Crippen LogP contribution in [0.4, 0.5) is 0 Å². The van der Waals surface area contributed by atoms with Crippen LogP contribution in [0, 0.1) is 20.2 Å². The van der Waals surface area contributed by atoms with Gasteiger partial charge in [-0.1, -0.05) is 20.4 Å². The Labute approximate surface area is 81.5 Å². The maximum atomic E-state index is 10.1. The van der Waals surface area contributed by atoms with E-state index in [1.54, 1.807) is 0 Å². The van der Waals surface area contributed by atoms with Crippen molar-refractivity contribution in [2.75, 3.05) is 0 Å². The zero-order chi connectivity index (χ0) is 11.7. The predicted octanol–water partition coefficient (Wildman–Crippen LogP) is 2.15. The molecule has 0 bridgehead atoms. The van der Waals surface area contributed by atoms with E-state index in [9.17, 15) is 20.2 Å². The third-order valence-corrected chi connectivity index (χ3v) is 0.969. The molecule has 14 heavy (non-hydrogen) atoms. The first kappa shape index (κ1) is 14.5. The molecule has 6 nitrogen and oxygen atoms in total. The summed E-state index contributed by atoms with van der Waals surface area (Å²) in [7, 11) is 0. The van der Waals surface area contributed by atoms with Crippen LogP contribution in [0.5, 0.6) is 0 Å². The summed E-state index contributed by atoms with van der Waals surface area (Å²) in [6.45, 7) is 10.1. The van der Waals surface area contributed by atoms with E-state index in [1.807, 2.05) is 13.8 Å². The molecule has 0 saturated heterocycles. The molecular weight excluding hydrogens is 188 g/mol. The van der Waals surface area contributed by atoms with Gasteiger partial charge in [-0.15, -0.1) is 0 Å². The minimum absolute atomic E-state index is 0.448. The zero-order valence-corrected chi connectivity index (χ0v) is 8.10. The summed E-state index contributed by atoms with van der Waals surface area (Å²) >= 11 is 0. The van der Waals surface area contributed by atoms with Gasteiger partial charge in [0.05, 0.1) is 15.9 Å². The molecule has 0 heterocycles. The van der Waals surface area contributed by atoms with Crippen LogP contribution in [0.2, 0.25) is 0 Å². The highest BCUT2D eigenvalue weighted by atomic mass is 16.6. The number of rotatable bonds is 4. The predicted molar refractivity (Wildman–Crippen MR) is 52.8 cm³/mol. The van der Waals surface area contributed by atoms with E-state index >= 15 is 0 Å². The zero-order valence-electron chi connectivity index (χ0n) is 8.10. The fourth-order valence-corrected chi connectivity index (χ4v) is 0.410. The third-order valence-electron chi connectivity index (χ3n) is 0.969. The minimum atomic E-state index is -0.812. The molecule has 0 aliphatic rings.